The number of aliphatic hydroxyl groups excluding tert-OH is 1. The first-order valence-electron chi connectivity index (χ1n) is 17.3. The van der Waals surface area contributed by atoms with E-state index in [-0.39, 0.29) is 36.5 Å². The highest BCUT2D eigenvalue weighted by Gasteiger charge is 2.38. The van der Waals surface area contributed by atoms with Crippen LogP contribution in [0.25, 0.3) is 16.9 Å². The van der Waals surface area contributed by atoms with Crippen LogP contribution in [0.3, 0.4) is 0 Å². The van der Waals surface area contributed by atoms with Crippen molar-refractivity contribution in [2.45, 2.75) is 65.0 Å². The van der Waals surface area contributed by atoms with Gasteiger partial charge in [-0.3, -0.25) is 9.59 Å². The molecular weight excluding hydrogens is 606 g/mol. The Labute approximate surface area is 284 Å². The number of rotatable bonds is 10. The molecule has 3 heterocycles. The smallest absolute Gasteiger partial charge is 0.410 e. The van der Waals surface area contributed by atoms with Crippen LogP contribution in [-0.4, -0.2) is 106 Å². The van der Waals surface area contributed by atoms with Crippen molar-refractivity contribution in [1.29, 1.82) is 0 Å². The molecule has 2 fully saturated rings. The number of para-hydroxylation sites is 1. The van der Waals surface area contributed by atoms with Gasteiger partial charge in [-0.15, -0.1) is 0 Å². The quantitative estimate of drug-likeness (QED) is 0.294. The van der Waals surface area contributed by atoms with Gasteiger partial charge in [0.2, 0.25) is 5.91 Å². The molecule has 48 heavy (non-hydrogen) atoms. The number of carbonyl (C=O) groups excluding carboxylic acids is 3. The van der Waals surface area contributed by atoms with E-state index in [9.17, 15) is 14.4 Å². The van der Waals surface area contributed by atoms with Gasteiger partial charge in [0.05, 0.1) is 17.3 Å². The number of piperazine rings is 1. The highest BCUT2D eigenvalue weighted by molar-refractivity contribution is 6.01. The lowest BCUT2D eigenvalue weighted by molar-refractivity contribution is -0.126. The van der Waals surface area contributed by atoms with E-state index in [1.807, 2.05) is 87.2 Å². The van der Waals surface area contributed by atoms with Crippen LogP contribution in [0, 0.1) is 12.8 Å². The monoisotopic (exact) mass is 657 g/mol. The average molecular weight is 658 g/mol. The van der Waals surface area contributed by atoms with Gasteiger partial charge in [-0.05, 0) is 90.2 Å². The van der Waals surface area contributed by atoms with Gasteiger partial charge >= 0.3 is 6.09 Å². The second kappa shape index (κ2) is 15.8. The minimum Gasteiger partial charge on any atom is -0.444 e. The number of aromatic nitrogens is 1. The Morgan fingerprint density at radius 1 is 0.917 bits per heavy atom. The molecule has 258 valence electrons. The lowest BCUT2D eigenvalue weighted by Crippen LogP contribution is -2.60. The third-order valence-corrected chi connectivity index (χ3v) is 9.18. The Balaban J connectivity index is 1.39. The van der Waals surface area contributed by atoms with Crippen molar-refractivity contribution in [2.24, 2.45) is 5.92 Å². The molecule has 2 aromatic carbocycles. The number of aliphatic hydroxyl groups is 1. The maximum Gasteiger partial charge on any atom is 0.410 e. The Bertz CT molecular complexity index is 1530. The van der Waals surface area contributed by atoms with Crippen molar-refractivity contribution in [1.82, 2.24) is 24.6 Å². The summed E-state index contributed by atoms with van der Waals surface area (Å²) in [6.07, 6.45) is 2.55. The average Bonchev–Trinajstić information content (AvgIpc) is 3.43. The van der Waals surface area contributed by atoms with E-state index in [1.54, 1.807) is 4.90 Å². The second-order valence-electron chi connectivity index (χ2n) is 14.0. The summed E-state index contributed by atoms with van der Waals surface area (Å²) in [5.41, 5.74) is 3.77. The molecule has 0 radical (unpaired) electrons. The molecule has 1 aromatic heterocycles. The maximum atomic E-state index is 14.7. The van der Waals surface area contributed by atoms with Crippen LogP contribution >= 0.6 is 0 Å². The lowest BCUT2D eigenvalue weighted by Gasteiger charge is -2.44. The highest BCUT2D eigenvalue weighted by atomic mass is 16.6. The van der Waals surface area contributed by atoms with Crippen molar-refractivity contribution in [3.05, 3.63) is 78.0 Å². The number of amides is 3. The van der Waals surface area contributed by atoms with E-state index in [2.05, 4.69) is 26.9 Å². The van der Waals surface area contributed by atoms with Gasteiger partial charge in [0, 0.05) is 56.6 Å². The Morgan fingerprint density at radius 2 is 1.58 bits per heavy atom. The normalized spacial score (nSPS) is 17.7. The number of likely N-dealkylation sites (tertiary alicyclic amines) is 1. The summed E-state index contributed by atoms with van der Waals surface area (Å²) in [5, 5.41) is 12.0. The number of nitrogens with one attached hydrogen (secondary N) is 1. The summed E-state index contributed by atoms with van der Waals surface area (Å²) >= 11 is 0. The first-order chi connectivity index (χ1) is 23.1. The first-order valence-corrected chi connectivity index (χ1v) is 17.3. The molecule has 0 aliphatic carbocycles. The van der Waals surface area contributed by atoms with Crippen LogP contribution in [0.15, 0.2) is 66.7 Å². The predicted molar refractivity (Wildman–Crippen MR) is 187 cm³/mol. The van der Waals surface area contributed by atoms with E-state index in [0.29, 0.717) is 44.7 Å². The number of piperidine rings is 1. The molecule has 0 bridgehead atoms. The van der Waals surface area contributed by atoms with Crippen LogP contribution < -0.4 is 5.32 Å². The van der Waals surface area contributed by atoms with E-state index < -0.39 is 5.60 Å². The maximum absolute atomic E-state index is 14.7. The van der Waals surface area contributed by atoms with Crippen LogP contribution in [0.2, 0.25) is 0 Å². The summed E-state index contributed by atoms with van der Waals surface area (Å²) in [7, 11) is 0. The molecule has 3 amide bonds. The van der Waals surface area contributed by atoms with Crippen molar-refractivity contribution in [3.8, 4) is 16.9 Å². The fraction of sp³-hybridized carbons (Fsp3) is 0.500. The number of benzene rings is 2. The van der Waals surface area contributed by atoms with Crippen molar-refractivity contribution >= 4 is 17.9 Å². The molecule has 0 saturated carbocycles. The minimum atomic E-state index is -0.622. The van der Waals surface area contributed by atoms with Gasteiger partial charge in [-0.2, -0.15) is 0 Å². The van der Waals surface area contributed by atoms with Gasteiger partial charge in [0.15, 0.2) is 0 Å². The molecule has 10 heteroatoms. The van der Waals surface area contributed by atoms with Crippen molar-refractivity contribution in [3.63, 3.8) is 0 Å². The van der Waals surface area contributed by atoms with Gasteiger partial charge in [0.25, 0.3) is 5.91 Å². The van der Waals surface area contributed by atoms with Gasteiger partial charge < -0.3 is 34.4 Å². The van der Waals surface area contributed by atoms with Gasteiger partial charge in [-0.25, -0.2) is 4.79 Å². The molecule has 0 unspecified atom stereocenters. The van der Waals surface area contributed by atoms with E-state index in [0.717, 1.165) is 55.0 Å². The van der Waals surface area contributed by atoms with E-state index in [4.69, 9.17) is 9.84 Å². The fourth-order valence-electron chi connectivity index (χ4n) is 6.79. The number of hydrogen-bond donors (Lipinski definition) is 2. The molecule has 1 atom stereocenters. The number of ether oxygens (including phenoxy) is 1. The molecular formula is C38H51N5O5. The summed E-state index contributed by atoms with van der Waals surface area (Å²) < 4.78 is 7.88. The fourth-order valence-corrected chi connectivity index (χ4v) is 6.79. The molecule has 2 aliphatic rings. The molecule has 10 nitrogen and oxygen atoms in total. The number of unbranched alkanes of at least 4 members (excludes halogenated alkanes) is 1. The zero-order chi connectivity index (χ0) is 34.3. The molecule has 5 rings (SSSR count). The molecule has 2 aliphatic heterocycles. The molecule has 2 N–H and O–H groups in total. The second-order valence-corrected chi connectivity index (χ2v) is 14.0. The number of hydrogen-bond acceptors (Lipinski definition) is 6. The van der Waals surface area contributed by atoms with E-state index in [1.165, 1.54) is 0 Å². The summed E-state index contributed by atoms with van der Waals surface area (Å²) in [4.78, 5) is 46.7. The Kier molecular flexibility index (Phi) is 11.6. The van der Waals surface area contributed by atoms with Crippen LogP contribution in [0.5, 0.6) is 0 Å². The molecule has 3 aromatic rings. The van der Waals surface area contributed by atoms with Crippen LogP contribution in [0.1, 0.15) is 62.5 Å². The van der Waals surface area contributed by atoms with Crippen molar-refractivity contribution < 1.29 is 24.2 Å². The highest BCUT2D eigenvalue weighted by Crippen LogP contribution is 2.33. The van der Waals surface area contributed by atoms with E-state index >= 15 is 0 Å². The Morgan fingerprint density at radius 3 is 2.23 bits per heavy atom. The topological polar surface area (TPSA) is 107 Å². The zero-order valence-corrected chi connectivity index (χ0v) is 28.9. The minimum absolute atomic E-state index is 0.0492. The lowest BCUT2D eigenvalue weighted by atomic mass is 9.95. The van der Waals surface area contributed by atoms with Crippen LogP contribution in [-0.2, 0) is 9.53 Å². The predicted octanol–water partition coefficient (Wildman–Crippen LogP) is 5.11. The number of nitrogens with zero attached hydrogens (tertiary/aromatic N) is 4. The third kappa shape index (κ3) is 8.65. The summed E-state index contributed by atoms with van der Waals surface area (Å²) in [5.74, 6) is -0.0330. The summed E-state index contributed by atoms with van der Waals surface area (Å²) in [6.45, 7) is 11.5. The largest absolute Gasteiger partial charge is 0.444 e. The summed E-state index contributed by atoms with van der Waals surface area (Å²) in [6, 6.07) is 21.8. The Hall–Kier alpha value is -4.15. The number of carbonyl (C=O) groups is 3. The van der Waals surface area contributed by atoms with Crippen LogP contribution in [0.4, 0.5) is 4.79 Å². The molecule has 0 spiro atoms. The van der Waals surface area contributed by atoms with Gasteiger partial charge in [-0.1, -0.05) is 48.5 Å². The number of aryl methyl sites for hydroxylation is 1. The van der Waals surface area contributed by atoms with Gasteiger partial charge in [0.1, 0.15) is 5.60 Å². The first kappa shape index (κ1) is 35.2. The zero-order valence-electron chi connectivity index (χ0n) is 28.9. The SMILES string of the molecule is Cc1cc(C(=O)N2CCN(C(=O)OC(C)(C)C)C[C@H]2CN2CCC(C(=O)NCCCCO)CC2)c(-c2ccccc2)n1-c1ccccc1. The molecule has 2 saturated heterocycles. The third-order valence-electron chi connectivity index (χ3n) is 9.18. The standard InChI is InChI=1S/C38H51N5O5/c1-28-25-33(34(29-13-7-5-8-14-29)43(28)31-15-9-6-10-16-31)36(46)42-23-22-41(37(47)48-38(2,3)4)27-32(42)26-40-20-17-30(18-21-40)35(45)39-19-11-12-24-44/h5-10,13-16,25,30,32,44H,11-12,17-24,26-27H2,1-4H3,(H,39,45)/t32-/m1/s1. The van der Waals surface area contributed by atoms with Crippen molar-refractivity contribution in [2.75, 3.05) is 52.4 Å².